The van der Waals surface area contributed by atoms with E-state index in [-0.39, 0.29) is 31.3 Å². The van der Waals surface area contributed by atoms with Crippen LogP contribution in [0.25, 0.3) is 0 Å². The molecule has 26 heavy (non-hydrogen) atoms. The van der Waals surface area contributed by atoms with Gasteiger partial charge in [-0.05, 0) is 32.0 Å². The van der Waals surface area contributed by atoms with Gasteiger partial charge in [0, 0.05) is 18.5 Å². The number of rotatable bonds is 7. The number of anilines is 1. The first kappa shape index (κ1) is 19.4. The Hall–Kier alpha value is -2.94. The number of fused-ring (bicyclic) bond motifs is 1. The van der Waals surface area contributed by atoms with Gasteiger partial charge in [-0.15, -0.1) is 0 Å². The Morgan fingerprint density at radius 1 is 1.35 bits per heavy atom. The molecule has 0 spiro atoms. The van der Waals surface area contributed by atoms with E-state index in [2.05, 4.69) is 5.32 Å². The number of ether oxygens (including phenoxy) is 1. The molecule has 0 radical (unpaired) electrons. The van der Waals surface area contributed by atoms with Crippen LogP contribution < -0.4 is 15.0 Å². The van der Waals surface area contributed by atoms with Gasteiger partial charge in [0.05, 0.1) is 11.8 Å². The number of carboxylic acid groups (broad SMARTS) is 1. The number of carbonyl (C=O) groups is 4. The SMILES string of the molecule is CC(=O)c1ccc2c(c1)N(CCC(=O)NC(C(=O)O)C(C)O)C(=O)CO2. The lowest BCUT2D eigenvalue weighted by molar-refractivity contribution is -0.144. The second-order valence-corrected chi connectivity index (χ2v) is 5.95. The molecule has 1 heterocycles. The highest BCUT2D eigenvalue weighted by atomic mass is 16.5. The van der Waals surface area contributed by atoms with E-state index in [1.165, 1.54) is 24.8 Å². The largest absolute Gasteiger partial charge is 0.482 e. The molecule has 0 aliphatic carbocycles. The van der Waals surface area contributed by atoms with E-state index >= 15 is 0 Å². The summed E-state index contributed by atoms with van der Waals surface area (Å²) in [5.41, 5.74) is 0.781. The number of aliphatic hydroxyl groups is 1. The summed E-state index contributed by atoms with van der Waals surface area (Å²) in [6, 6.07) is 3.25. The smallest absolute Gasteiger partial charge is 0.328 e. The van der Waals surface area contributed by atoms with Crippen LogP contribution in [0.2, 0.25) is 0 Å². The third-order valence-corrected chi connectivity index (χ3v) is 3.94. The lowest BCUT2D eigenvalue weighted by Gasteiger charge is -2.29. The van der Waals surface area contributed by atoms with Crippen molar-refractivity contribution < 1.29 is 34.1 Å². The first-order chi connectivity index (χ1) is 12.2. The molecule has 2 amide bonds. The molecule has 1 aliphatic heterocycles. The third-order valence-electron chi connectivity index (χ3n) is 3.94. The molecule has 0 saturated heterocycles. The highest BCUT2D eigenvalue weighted by molar-refractivity contribution is 6.01. The quantitative estimate of drug-likeness (QED) is 0.578. The molecule has 9 heteroatoms. The fourth-order valence-corrected chi connectivity index (χ4v) is 2.51. The predicted octanol–water partition coefficient (Wildman–Crippen LogP) is -0.0451. The van der Waals surface area contributed by atoms with Crippen molar-refractivity contribution in [3.05, 3.63) is 23.8 Å². The van der Waals surface area contributed by atoms with E-state index < -0.39 is 24.0 Å². The van der Waals surface area contributed by atoms with E-state index in [1.54, 1.807) is 12.1 Å². The molecule has 0 aromatic heterocycles. The molecular formula is C17H20N2O7. The van der Waals surface area contributed by atoms with Gasteiger partial charge in [0.15, 0.2) is 18.4 Å². The minimum Gasteiger partial charge on any atom is -0.482 e. The average molecular weight is 364 g/mol. The number of carbonyl (C=O) groups excluding carboxylic acids is 3. The van der Waals surface area contributed by atoms with E-state index in [0.717, 1.165) is 0 Å². The fraction of sp³-hybridized carbons (Fsp3) is 0.412. The molecule has 0 saturated carbocycles. The Morgan fingerprint density at radius 3 is 2.62 bits per heavy atom. The van der Waals surface area contributed by atoms with Crippen LogP contribution in [-0.2, 0) is 14.4 Å². The Bertz CT molecular complexity index is 745. The van der Waals surface area contributed by atoms with Crippen molar-refractivity contribution in [2.24, 2.45) is 0 Å². The highest BCUT2D eigenvalue weighted by Gasteiger charge is 2.28. The number of hydrogen-bond acceptors (Lipinski definition) is 6. The van der Waals surface area contributed by atoms with Crippen LogP contribution in [0.15, 0.2) is 18.2 Å². The van der Waals surface area contributed by atoms with Crippen LogP contribution in [0.5, 0.6) is 5.75 Å². The molecule has 2 atom stereocenters. The number of ketones is 1. The van der Waals surface area contributed by atoms with Crippen molar-refractivity contribution in [3.63, 3.8) is 0 Å². The zero-order chi connectivity index (χ0) is 19.4. The van der Waals surface area contributed by atoms with Crippen molar-refractivity contribution in [2.45, 2.75) is 32.4 Å². The van der Waals surface area contributed by atoms with Gasteiger partial charge in [-0.3, -0.25) is 14.4 Å². The number of aliphatic hydroxyl groups excluding tert-OH is 1. The number of Topliss-reactive ketones (excluding diaryl/α,β-unsaturated/α-hetero) is 1. The fourth-order valence-electron chi connectivity index (χ4n) is 2.51. The van der Waals surface area contributed by atoms with Gasteiger partial charge in [-0.2, -0.15) is 0 Å². The third kappa shape index (κ3) is 4.37. The molecule has 9 nitrogen and oxygen atoms in total. The summed E-state index contributed by atoms with van der Waals surface area (Å²) in [5, 5.41) is 20.6. The molecule has 0 bridgehead atoms. The van der Waals surface area contributed by atoms with Crippen molar-refractivity contribution in [1.82, 2.24) is 5.32 Å². The zero-order valence-electron chi connectivity index (χ0n) is 14.4. The maximum atomic E-state index is 12.1. The van der Waals surface area contributed by atoms with Crippen LogP contribution >= 0.6 is 0 Å². The van der Waals surface area contributed by atoms with E-state index in [1.807, 2.05) is 0 Å². The Kier molecular flexibility index (Phi) is 5.93. The maximum Gasteiger partial charge on any atom is 0.328 e. The molecule has 1 aromatic carbocycles. The lowest BCUT2D eigenvalue weighted by atomic mass is 10.1. The Balaban J connectivity index is 2.11. The first-order valence-corrected chi connectivity index (χ1v) is 7.99. The summed E-state index contributed by atoms with van der Waals surface area (Å²) in [6.45, 7) is 2.44. The number of nitrogens with zero attached hydrogens (tertiary/aromatic N) is 1. The Morgan fingerprint density at radius 2 is 2.04 bits per heavy atom. The van der Waals surface area contributed by atoms with Gasteiger partial charge in [-0.25, -0.2) is 4.79 Å². The van der Waals surface area contributed by atoms with Gasteiger partial charge in [0.1, 0.15) is 5.75 Å². The lowest BCUT2D eigenvalue weighted by Crippen LogP contribution is -2.48. The zero-order valence-corrected chi connectivity index (χ0v) is 14.4. The van der Waals surface area contributed by atoms with Crippen molar-refractivity contribution in [3.8, 4) is 5.75 Å². The van der Waals surface area contributed by atoms with Gasteiger partial charge < -0.3 is 25.2 Å². The minimum atomic E-state index is -1.43. The minimum absolute atomic E-state index is 0.0193. The predicted molar refractivity (Wildman–Crippen MR) is 90.2 cm³/mol. The van der Waals surface area contributed by atoms with E-state index in [0.29, 0.717) is 17.0 Å². The van der Waals surface area contributed by atoms with Crippen molar-refractivity contribution in [1.29, 1.82) is 0 Å². The van der Waals surface area contributed by atoms with Crippen LogP contribution in [0, 0.1) is 0 Å². The maximum absolute atomic E-state index is 12.1. The molecule has 2 unspecified atom stereocenters. The second-order valence-electron chi connectivity index (χ2n) is 5.95. The number of carboxylic acids is 1. The molecule has 1 aliphatic rings. The normalized spacial score (nSPS) is 15.5. The van der Waals surface area contributed by atoms with Crippen LogP contribution in [0.1, 0.15) is 30.6 Å². The van der Waals surface area contributed by atoms with Crippen LogP contribution in [0.3, 0.4) is 0 Å². The monoisotopic (exact) mass is 364 g/mol. The van der Waals surface area contributed by atoms with E-state index in [4.69, 9.17) is 9.84 Å². The number of benzene rings is 1. The number of aliphatic carboxylic acids is 1. The topological polar surface area (TPSA) is 133 Å². The van der Waals surface area contributed by atoms with E-state index in [9.17, 15) is 24.3 Å². The summed E-state index contributed by atoms with van der Waals surface area (Å²) in [5.74, 6) is -2.11. The Labute approximate surface area is 149 Å². The summed E-state index contributed by atoms with van der Waals surface area (Å²) in [7, 11) is 0. The average Bonchev–Trinajstić information content (AvgIpc) is 2.57. The van der Waals surface area contributed by atoms with Gasteiger partial charge >= 0.3 is 5.97 Å². The second kappa shape index (κ2) is 7.96. The summed E-state index contributed by atoms with van der Waals surface area (Å²) in [4.78, 5) is 48.0. The number of nitrogens with one attached hydrogen (secondary N) is 1. The van der Waals surface area contributed by atoms with Crippen LogP contribution in [-0.4, -0.2) is 59.1 Å². The number of hydrogen-bond donors (Lipinski definition) is 3. The van der Waals surface area contributed by atoms with Gasteiger partial charge in [-0.1, -0.05) is 0 Å². The first-order valence-electron chi connectivity index (χ1n) is 7.99. The van der Waals surface area contributed by atoms with Gasteiger partial charge in [0.25, 0.3) is 5.91 Å². The molecular weight excluding hydrogens is 344 g/mol. The summed E-state index contributed by atoms with van der Waals surface area (Å²) < 4.78 is 5.32. The van der Waals surface area contributed by atoms with Crippen molar-refractivity contribution in [2.75, 3.05) is 18.1 Å². The summed E-state index contributed by atoms with van der Waals surface area (Å²) >= 11 is 0. The molecule has 3 N–H and O–H groups in total. The summed E-state index contributed by atoms with van der Waals surface area (Å²) in [6.07, 6.45) is -1.44. The molecule has 2 rings (SSSR count). The molecule has 140 valence electrons. The van der Waals surface area contributed by atoms with Crippen LogP contribution in [0.4, 0.5) is 5.69 Å². The molecule has 0 fully saturated rings. The van der Waals surface area contributed by atoms with Crippen molar-refractivity contribution >= 4 is 29.3 Å². The standard InChI is InChI=1S/C17H20N2O7/c1-9(20)11-3-4-13-12(7-11)19(15(23)8-26-13)6-5-14(22)18-16(10(2)21)17(24)25/h3-4,7,10,16,21H,5-6,8H2,1-2H3,(H,18,22)(H,24,25). The number of amides is 2. The van der Waals surface area contributed by atoms with Gasteiger partial charge in [0.2, 0.25) is 5.91 Å². The highest BCUT2D eigenvalue weighted by Crippen LogP contribution is 2.33. The molecule has 1 aromatic rings.